The molecule has 1 aliphatic rings. The maximum absolute atomic E-state index is 12.6. The standard InChI is InChI=1S/C18H24N2O4S/c1-11-6-12(2)17-15(9-24-18(17)13(11)3)7-16(21)20-5-4-14(8-20)10-25(19,22)23/h6,9,14H,4-5,7-8,10H2,1-3H3,(H2,19,22,23)/t14-/m1/s1. The molecule has 0 spiro atoms. The molecule has 2 heterocycles. The highest BCUT2D eigenvalue weighted by atomic mass is 32.2. The third-order valence-corrected chi connectivity index (χ3v) is 6.01. The Hall–Kier alpha value is -1.86. The van der Waals surface area contributed by atoms with Crippen LogP contribution in [0.15, 0.2) is 16.7 Å². The van der Waals surface area contributed by atoms with Crippen molar-refractivity contribution in [1.82, 2.24) is 4.90 Å². The number of primary sulfonamides is 1. The Morgan fingerprint density at radius 1 is 1.32 bits per heavy atom. The first-order valence-corrected chi connectivity index (χ1v) is 10.1. The average molecular weight is 364 g/mol. The van der Waals surface area contributed by atoms with Crippen molar-refractivity contribution in [2.45, 2.75) is 33.6 Å². The predicted molar refractivity (Wildman–Crippen MR) is 96.8 cm³/mol. The molecule has 7 heteroatoms. The smallest absolute Gasteiger partial charge is 0.227 e. The molecule has 25 heavy (non-hydrogen) atoms. The second-order valence-corrected chi connectivity index (χ2v) is 8.76. The maximum atomic E-state index is 12.6. The first kappa shape index (κ1) is 17.9. The Kier molecular flexibility index (Phi) is 4.64. The highest BCUT2D eigenvalue weighted by molar-refractivity contribution is 7.89. The van der Waals surface area contributed by atoms with Crippen molar-refractivity contribution in [3.63, 3.8) is 0 Å². The first-order valence-electron chi connectivity index (χ1n) is 8.41. The minimum absolute atomic E-state index is 0.00255. The molecule has 1 aliphatic heterocycles. The average Bonchev–Trinajstić information content (AvgIpc) is 3.10. The van der Waals surface area contributed by atoms with Crippen LogP contribution in [0.3, 0.4) is 0 Å². The van der Waals surface area contributed by atoms with Gasteiger partial charge in [0.05, 0.1) is 18.4 Å². The summed E-state index contributed by atoms with van der Waals surface area (Å²) in [7, 11) is -3.50. The van der Waals surface area contributed by atoms with Crippen LogP contribution in [0.25, 0.3) is 11.0 Å². The lowest BCUT2D eigenvalue weighted by Crippen LogP contribution is -2.31. The van der Waals surface area contributed by atoms with E-state index in [0.29, 0.717) is 19.5 Å². The van der Waals surface area contributed by atoms with Crippen LogP contribution in [-0.2, 0) is 21.2 Å². The van der Waals surface area contributed by atoms with Crippen LogP contribution in [0.4, 0.5) is 0 Å². The number of carbonyl (C=O) groups excluding carboxylic acids is 1. The molecule has 0 aliphatic carbocycles. The summed E-state index contributed by atoms with van der Waals surface area (Å²) < 4.78 is 28.2. The van der Waals surface area contributed by atoms with Gasteiger partial charge in [0.1, 0.15) is 5.58 Å². The Morgan fingerprint density at radius 3 is 2.72 bits per heavy atom. The molecule has 1 aromatic heterocycles. The number of likely N-dealkylation sites (tertiary alicyclic amines) is 1. The summed E-state index contributed by atoms with van der Waals surface area (Å²) in [5.41, 5.74) is 5.09. The summed E-state index contributed by atoms with van der Waals surface area (Å²) in [5, 5.41) is 6.12. The van der Waals surface area contributed by atoms with Crippen molar-refractivity contribution < 1.29 is 17.6 Å². The second kappa shape index (κ2) is 6.46. The van der Waals surface area contributed by atoms with Crippen molar-refractivity contribution in [3.05, 3.63) is 34.6 Å². The van der Waals surface area contributed by atoms with Crippen LogP contribution in [-0.4, -0.2) is 38.1 Å². The molecule has 3 rings (SSSR count). The molecule has 6 nitrogen and oxygen atoms in total. The number of carbonyl (C=O) groups is 1. The van der Waals surface area contributed by atoms with E-state index >= 15 is 0 Å². The third kappa shape index (κ3) is 3.72. The number of nitrogens with two attached hydrogens (primary N) is 1. The first-order chi connectivity index (χ1) is 11.7. The zero-order valence-electron chi connectivity index (χ0n) is 14.8. The number of hydrogen-bond acceptors (Lipinski definition) is 4. The fourth-order valence-electron chi connectivity index (χ4n) is 3.71. The summed E-state index contributed by atoms with van der Waals surface area (Å²) in [5.74, 6) is -0.146. The van der Waals surface area contributed by atoms with Crippen LogP contribution < -0.4 is 5.14 Å². The van der Waals surface area contributed by atoms with E-state index in [1.54, 1.807) is 11.2 Å². The van der Waals surface area contributed by atoms with Gasteiger partial charge < -0.3 is 9.32 Å². The van der Waals surface area contributed by atoms with Crippen molar-refractivity contribution in [2.24, 2.45) is 11.1 Å². The molecule has 0 saturated carbocycles. The lowest BCUT2D eigenvalue weighted by Gasteiger charge is -2.16. The molecular weight excluding hydrogens is 340 g/mol. The molecular formula is C18H24N2O4S. The van der Waals surface area contributed by atoms with Gasteiger partial charge in [0.2, 0.25) is 15.9 Å². The van der Waals surface area contributed by atoms with Gasteiger partial charge in [-0.15, -0.1) is 0 Å². The van der Waals surface area contributed by atoms with Gasteiger partial charge >= 0.3 is 0 Å². The van der Waals surface area contributed by atoms with Crippen LogP contribution >= 0.6 is 0 Å². The number of hydrogen-bond donors (Lipinski definition) is 1. The number of aryl methyl sites for hydroxylation is 3. The molecule has 2 N–H and O–H groups in total. The summed E-state index contributed by atoms with van der Waals surface area (Å²) in [6.45, 7) is 7.11. The summed E-state index contributed by atoms with van der Waals surface area (Å²) in [6.07, 6.45) is 2.60. The summed E-state index contributed by atoms with van der Waals surface area (Å²) >= 11 is 0. The predicted octanol–water partition coefficient (Wildman–Crippen LogP) is 2.04. The Balaban J connectivity index is 1.76. The van der Waals surface area contributed by atoms with Crippen molar-refractivity contribution >= 4 is 26.9 Å². The number of nitrogens with zero attached hydrogens (tertiary/aromatic N) is 1. The zero-order chi connectivity index (χ0) is 18.4. The van der Waals surface area contributed by atoms with Gasteiger partial charge in [-0.2, -0.15) is 0 Å². The minimum atomic E-state index is -3.50. The van der Waals surface area contributed by atoms with Crippen molar-refractivity contribution in [2.75, 3.05) is 18.8 Å². The van der Waals surface area contributed by atoms with Gasteiger partial charge in [-0.1, -0.05) is 6.07 Å². The number of amides is 1. The lowest BCUT2D eigenvalue weighted by atomic mass is 9.99. The van der Waals surface area contributed by atoms with Crippen molar-refractivity contribution in [3.8, 4) is 0 Å². The van der Waals surface area contributed by atoms with Gasteiger partial charge in [-0.25, -0.2) is 13.6 Å². The molecule has 0 unspecified atom stereocenters. The van der Waals surface area contributed by atoms with E-state index in [1.807, 2.05) is 20.8 Å². The van der Waals surface area contributed by atoms with Crippen LogP contribution in [0.5, 0.6) is 0 Å². The highest BCUT2D eigenvalue weighted by Gasteiger charge is 2.29. The Labute approximate surface area is 148 Å². The van der Waals surface area contributed by atoms with Gasteiger partial charge in [-0.05, 0) is 49.8 Å². The molecule has 1 saturated heterocycles. The molecule has 136 valence electrons. The summed E-state index contributed by atoms with van der Waals surface area (Å²) in [4.78, 5) is 14.4. The second-order valence-electron chi connectivity index (χ2n) is 7.10. The van der Waals surface area contributed by atoms with E-state index in [9.17, 15) is 13.2 Å². The quantitative estimate of drug-likeness (QED) is 0.898. The molecule has 1 fully saturated rings. The SMILES string of the molecule is Cc1cc(C)c2c(CC(=O)N3CC[C@@H](CS(N)(=O)=O)C3)coc2c1C. The number of rotatable bonds is 4. The van der Waals surface area contributed by atoms with E-state index in [4.69, 9.17) is 9.56 Å². The number of sulfonamides is 1. The minimum Gasteiger partial charge on any atom is -0.464 e. The van der Waals surface area contributed by atoms with E-state index in [0.717, 1.165) is 27.7 Å². The summed E-state index contributed by atoms with van der Waals surface area (Å²) in [6, 6.07) is 2.11. The van der Waals surface area contributed by atoms with E-state index in [1.165, 1.54) is 5.56 Å². The van der Waals surface area contributed by atoms with Crippen LogP contribution in [0.1, 0.15) is 28.7 Å². The third-order valence-electron chi connectivity index (χ3n) is 5.07. The number of furan rings is 1. The number of benzene rings is 1. The van der Waals surface area contributed by atoms with E-state index in [-0.39, 0.29) is 24.0 Å². The largest absolute Gasteiger partial charge is 0.464 e. The van der Waals surface area contributed by atoms with E-state index < -0.39 is 10.0 Å². The van der Waals surface area contributed by atoms with Gasteiger partial charge in [0, 0.05) is 24.0 Å². The zero-order valence-corrected chi connectivity index (χ0v) is 15.6. The molecule has 1 atom stereocenters. The maximum Gasteiger partial charge on any atom is 0.227 e. The fourth-order valence-corrected chi connectivity index (χ4v) is 4.64. The fraction of sp³-hybridized carbons (Fsp3) is 0.500. The molecule has 1 amide bonds. The van der Waals surface area contributed by atoms with Crippen LogP contribution in [0, 0.1) is 26.7 Å². The highest BCUT2D eigenvalue weighted by Crippen LogP contribution is 2.30. The molecule has 1 aromatic carbocycles. The van der Waals surface area contributed by atoms with Gasteiger partial charge in [-0.3, -0.25) is 4.79 Å². The molecule has 2 aromatic rings. The Morgan fingerprint density at radius 2 is 2.04 bits per heavy atom. The van der Waals surface area contributed by atoms with Crippen molar-refractivity contribution in [1.29, 1.82) is 0 Å². The molecule has 0 radical (unpaired) electrons. The lowest BCUT2D eigenvalue weighted by molar-refractivity contribution is -0.129. The van der Waals surface area contributed by atoms with E-state index in [2.05, 4.69) is 6.07 Å². The Bertz CT molecular complexity index is 930. The van der Waals surface area contributed by atoms with Crippen LogP contribution in [0.2, 0.25) is 0 Å². The van der Waals surface area contributed by atoms with Gasteiger partial charge in [0.25, 0.3) is 0 Å². The normalized spacial score (nSPS) is 18.2. The topological polar surface area (TPSA) is 93.6 Å². The monoisotopic (exact) mass is 364 g/mol. The van der Waals surface area contributed by atoms with Gasteiger partial charge in [0.15, 0.2) is 0 Å². The molecule has 0 bridgehead atoms. The number of fused-ring (bicyclic) bond motifs is 1.